The van der Waals surface area contributed by atoms with E-state index in [4.69, 9.17) is 12.2 Å². The fourth-order valence-electron chi connectivity index (χ4n) is 1.66. The van der Waals surface area contributed by atoms with Crippen LogP contribution < -0.4 is 10.7 Å². The zero-order chi connectivity index (χ0) is 11.1. The van der Waals surface area contributed by atoms with E-state index in [0.29, 0.717) is 17.6 Å². The Hall–Kier alpha value is -0.900. The van der Waals surface area contributed by atoms with Gasteiger partial charge in [0.2, 0.25) is 0 Å². The number of nitrogens with one attached hydrogen (secondary N) is 2. The molecule has 0 aromatic rings. The second kappa shape index (κ2) is 6.56. The highest BCUT2D eigenvalue weighted by Gasteiger charge is 2.15. The fraction of sp³-hybridized carbons (Fsp3) is 0.636. The van der Waals surface area contributed by atoms with E-state index >= 15 is 0 Å². The zero-order valence-corrected chi connectivity index (χ0v) is 10.1. The Kier molecular flexibility index (Phi) is 5.32. The molecule has 0 aromatic heterocycles. The molecule has 3 nitrogen and oxygen atoms in total. The lowest BCUT2D eigenvalue weighted by Crippen LogP contribution is -2.33. The quantitative estimate of drug-likeness (QED) is 0.439. The molecule has 0 unspecified atom stereocenters. The summed E-state index contributed by atoms with van der Waals surface area (Å²) in [5.74, 6) is 0.591. The first-order valence-electron chi connectivity index (χ1n) is 5.45. The van der Waals surface area contributed by atoms with Gasteiger partial charge in [0, 0.05) is 12.3 Å². The van der Waals surface area contributed by atoms with Crippen molar-refractivity contribution in [1.82, 2.24) is 10.7 Å². The maximum absolute atomic E-state index is 5.05. The van der Waals surface area contributed by atoms with Crippen molar-refractivity contribution >= 4 is 23.0 Å². The molecule has 1 saturated carbocycles. The van der Waals surface area contributed by atoms with Gasteiger partial charge in [0.15, 0.2) is 5.11 Å². The minimum Gasteiger partial charge on any atom is -0.358 e. The van der Waals surface area contributed by atoms with Crippen LogP contribution in [0.25, 0.3) is 0 Å². The molecule has 0 heterocycles. The maximum atomic E-state index is 5.05. The zero-order valence-electron chi connectivity index (χ0n) is 9.25. The smallest absolute Gasteiger partial charge is 0.187 e. The van der Waals surface area contributed by atoms with Crippen LogP contribution in [0.5, 0.6) is 0 Å². The molecule has 0 radical (unpaired) electrons. The maximum Gasteiger partial charge on any atom is 0.187 e. The van der Waals surface area contributed by atoms with Crippen LogP contribution in [0.15, 0.2) is 17.8 Å². The molecular weight excluding hydrogens is 206 g/mol. The molecule has 1 atom stereocenters. The highest BCUT2D eigenvalue weighted by atomic mass is 32.1. The summed E-state index contributed by atoms with van der Waals surface area (Å²) in [6, 6.07) is 0. The normalized spacial score (nSPS) is 23.5. The molecular formula is C11H19N3S. The van der Waals surface area contributed by atoms with Crippen molar-refractivity contribution in [1.29, 1.82) is 0 Å². The highest BCUT2D eigenvalue weighted by Crippen LogP contribution is 2.20. The third-order valence-corrected chi connectivity index (χ3v) is 2.83. The lowest BCUT2D eigenvalue weighted by molar-refractivity contribution is 0.555. The van der Waals surface area contributed by atoms with Crippen molar-refractivity contribution in [3.8, 4) is 0 Å². The van der Waals surface area contributed by atoms with Gasteiger partial charge in [-0.05, 0) is 37.4 Å². The minimum atomic E-state index is 0.570. The van der Waals surface area contributed by atoms with Gasteiger partial charge >= 0.3 is 0 Å². The van der Waals surface area contributed by atoms with Crippen LogP contribution in [0.3, 0.4) is 0 Å². The second-order valence-corrected chi connectivity index (χ2v) is 4.27. The molecule has 0 aromatic carbocycles. The molecule has 0 amide bonds. The van der Waals surface area contributed by atoms with Gasteiger partial charge in [-0.25, -0.2) is 0 Å². The summed E-state index contributed by atoms with van der Waals surface area (Å²) >= 11 is 5.05. The molecule has 1 aliphatic carbocycles. The first kappa shape index (κ1) is 12.2. The van der Waals surface area contributed by atoms with Gasteiger partial charge in [-0.15, -0.1) is 6.58 Å². The van der Waals surface area contributed by atoms with E-state index in [1.54, 1.807) is 6.08 Å². The van der Waals surface area contributed by atoms with Crippen molar-refractivity contribution in [3.05, 3.63) is 12.7 Å². The van der Waals surface area contributed by atoms with E-state index in [0.717, 1.165) is 6.42 Å². The van der Waals surface area contributed by atoms with Gasteiger partial charge in [0.05, 0.1) is 0 Å². The van der Waals surface area contributed by atoms with E-state index in [2.05, 4.69) is 29.3 Å². The summed E-state index contributed by atoms with van der Waals surface area (Å²) in [5.41, 5.74) is 4.12. The molecule has 1 aliphatic rings. The molecule has 1 fully saturated rings. The van der Waals surface area contributed by atoms with E-state index in [1.807, 2.05) is 0 Å². The predicted octanol–water partition coefficient (Wildman–Crippen LogP) is 2.20. The SMILES string of the molecule is C=CCNC(=S)N/N=C1/CCCC[C@@H]1C. The van der Waals surface area contributed by atoms with E-state index < -0.39 is 0 Å². The Morgan fingerprint density at radius 2 is 2.47 bits per heavy atom. The molecule has 0 bridgehead atoms. The van der Waals surface area contributed by atoms with E-state index in [1.165, 1.54) is 25.0 Å². The molecule has 0 saturated heterocycles. The highest BCUT2D eigenvalue weighted by molar-refractivity contribution is 7.80. The van der Waals surface area contributed by atoms with Crippen molar-refractivity contribution in [2.24, 2.45) is 11.0 Å². The molecule has 0 spiro atoms. The van der Waals surface area contributed by atoms with Crippen molar-refractivity contribution in [2.75, 3.05) is 6.54 Å². The molecule has 0 aliphatic heterocycles. The number of rotatable bonds is 3. The van der Waals surface area contributed by atoms with Gasteiger partial charge in [-0.3, -0.25) is 5.43 Å². The first-order valence-corrected chi connectivity index (χ1v) is 5.86. The minimum absolute atomic E-state index is 0.570. The molecule has 15 heavy (non-hydrogen) atoms. The average Bonchev–Trinajstić information content (AvgIpc) is 2.25. The Bertz CT molecular complexity index is 261. The van der Waals surface area contributed by atoms with Crippen LogP contribution in [-0.2, 0) is 0 Å². The summed E-state index contributed by atoms with van der Waals surface area (Å²) in [7, 11) is 0. The Labute approximate surface area is 97.0 Å². The summed E-state index contributed by atoms with van der Waals surface area (Å²) in [4.78, 5) is 0. The monoisotopic (exact) mass is 225 g/mol. The molecule has 84 valence electrons. The average molecular weight is 225 g/mol. The first-order chi connectivity index (χ1) is 7.24. The molecule has 4 heteroatoms. The topological polar surface area (TPSA) is 36.4 Å². The van der Waals surface area contributed by atoms with Gasteiger partial charge in [-0.2, -0.15) is 5.10 Å². The predicted molar refractivity (Wildman–Crippen MR) is 69.0 cm³/mol. The largest absolute Gasteiger partial charge is 0.358 e. The molecule has 2 N–H and O–H groups in total. The summed E-state index contributed by atoms with van der Waals surface area (Å²) in [6.45, 7) is 6.50. The van der Waals surface area contributed by atoms with Crippen molar-refractivity contribution in [2.45, 2.75) is 32.6 Å². The summed E-state index contributed by atoms with van der Waals surface area (Å²) in [5, 5.41) is 7.90. The number of thiocarbonyl (C=S) groups is 1. The van der Waals surface area contributed by atoms with Gasteiger partial charge < -0.3 is 5.32 Å². The van der Waals surface area contributed by atoms with Crippen LogP contribution in [0.1, 0.15) is 32.6 Å². The standard InChI is InChI=1S/C11H19N3S/c1-3-8-12-11(15)14-13-10-7-5-4-6-9(10)2/h3,9H,1,4-8H2,2H3,(H2,12,14,15)/b13-10-/t9-/m0/s1. The van der Waals surface area contributed by atoms with Crippen molar-refractivity contribution in [3.63, 3.8) is 0 Å². The van der Waals surface area contributed by atoms with Crippen LogP contribution in [0.4, 0.5) is 0 Å². The summed E-state index contributed by atoms with van der Waals surface area (Å²) < 4.78 is 0. The Morgan fingerprint density at radius 1 is 1.67 bits per heavy atom. The van der Waals surface area contributed by atoms with Gasteiger partial charge in [0.25, 0.3) is 0 Å². The third-order valence-electron chi connectivity index (χ3n) is 2.60. The van der Waals surface area contributed by atoms with E-state index in [-0.39, 0.29) is 0 Å². The lowest BCUT2D eigenvalue weighted by Gasteiger charge is -2.20. The van der Waals surface area contributed by atoms with Crippen LogP contribution in [0.2, 0.25) is 0 Å². The number of hydrogen-bond donors (Lipinski definition) is 2. The second-order valence-electron chi connectivity index (χ2n) is 3.86. The Balaban J connectivity index is 2.34. The van der Waals surface area contributed by atoms with Crippen LogP contribution in [0, 0.1) is 5.92 Å². The number of hydrogen-bond acceptors (Lipinski definition) is 2. The van der Waals surface area contributed by atoms with Crippen LogP contribution in [-0.4, -0.2) is 17.4 Å². The molecule has 1 rings (SSSR count). The van der Waals surface area contributed by atoms with Crippen LogP contribution >= 0.6 is 12.2 Å². The lowest BCUT2D eigenvalue weighted by atomic mass is 9.89. The number of nitrogens with zero attached hydrogens (tertiary/aromatic N) is 1. The van der Waals surface area contributed by atoms with Gasteiger partial charge in [0.1, 0.15) is 0 Å². The summed E-state index contributed by atoms with van der Waals surface area (Å²) in [6.07, 6.45) is 6.67. The third kappa shape index (κ3) is 4.42. The van der Waals surface area contributed by atoms with Crippen molar-refractivity contribution < 1.29 is 0 Å². The Morgan fingerprint density at radius 3 is 3.13 bits per heavy atom. The van der Waals surface area contributed by atoms with Gasteiger partial charge in [-0.1, -0.05) is 19.4 Å². The number of hydrazone groups is 1. The fourth-order valence-corrected chi connectivity index (χ4v) is 1.79. The van der Waals surface area contributed by atoms with E-state index in [9.17, 15) is 0 Å².